The number of furan rings is 1. The van der Waals surface area contributed by atoms with E-state index in [-0.39, 0.29) is 40.0 Å². The Morgan fingerprint density at radius 2 is 1.87 bits per heavy atom. The number of ether oxygens (including phenoxy) is 2. The van der Waals surface area contributed by atoms with Gasteiger partial charge in [0.05, 0.1) is 32.4 Å². The number of nitrogens with zero attached hydrogens (tertiary/aromatic N) is 3. The van der Waals surface area contributed by atoms with Gasteiger partial charge in [-0.1, -0.05) is 65.4 Å². The molecule has 0 saturated carbocycles. The zero-order valence-corrected chi connectivity index (χ0v) is 26.2. The molecular formula is C34H26ClN3O7S. The minimum Gasteiger partial charge on any atom is -0.489 e. The highest BCUT2D eigenvalue weighted by molar-refractivity contribution is 7.07. The molecule has 12 heteroatoms. The smallest absolute Gasteiger partial charge is 0.338 e. The molecule has 0 radical (unpaired) electrons. The molecule has 2 aromatic heterocycles. The van der Waals surface area contributed by atoms with E-state index in [0.29, 0.717) is 33.0 Å². The van der Waals surface area contributed by atoms with Crippen LogP contribution in [0.1, 0.15) is 36.8 Å². The van der Waals surface area contributed by atoms with Crippen molar-refractivity contribution in [2.45, 2.75) is 26.5 Å². The first-order valence-electron chi connectivity index (χ1n) is 14.2. The van der Waals surface area contributed by atoms with Gasteiger partial charge in [-0.2, -0.15) is 0 Å². The second kappa shape index (κ2) is 13.0. The molecule has 0 unspecified atom stereocenters. The Hall–Kier alpha value is -5.26. The fraction of sp³-hybridized carbons (Fsp3) is 0.147. The average molecular weight is 656 g/mol. The van der Waals surface area contributed by atoms with Crippen LogP contribution in [0.15, 0.2) is 110 Å². The molecule has 1 aliphatic heterocycles. The topological polar surface area (TPSA) is 126 Å². The van der Waals surface area contributed by atoms with Gasteiger partial charge in [-0.25, -0.2) is 9.79 Å². The number of non-ortho nitro benzene ring substituents is 1. The van der Waals surface area contributed by atoms with E-state index in [0.717, 1.165) is 11.1 Å². The third kappa shape index (κ3) is 6.15. The van der Waals surface area contributed by atoms with Crippen LogP contribution in [-0.2, 0) is 16.1 Å². The van der Waals surface area contributed by atoms with Crippen LogP contribution in [-0.4, -0.2) is 22.1 Å². The van der Waals surface area contributed by atoms with Crippen molar-refractivity contribution in [3.05, 3.63) is 148 Å². The number of rotatable bonds is 9. The van der Waals surface area contributed by atoms with Gasteiger partial charge in [-0.05, 0) is 61.4 Å². The molecule has 10 nitrogen and oxygen atoms in total. The van der Waals surface area contributed by atoms with Crippen LogP contribution >= 0.6 is 22.9 Å². The summed E-state index contributed by atoms with van der Waals surface area (Å²) >= 11 is 7.55. The van der Waals surface area contributed by atoms with Crippen molar-refractivity contribution in [2.24, 2.45) is 4.99 Å². The van der Waals surface area contributed by atoms with E-state index >= 15 is 0 Å². The molecule has 46 heavy (non-hydrogen) atoms. The normalized spacial score (nSPS) is 14.5. The maximum atomic E-state index is 14.0. The van der Waals surface area contributed by atoms with Gasteiger partial charge in [-0.15, -0.1) is 0 Å². The third-order valence-corrected chi connectivity index (χ3v) is 8.58. The van der Waals surface area contributed by atoms with Crippen LogP contribution in [0, 0.1) is 10.1 Å². The summed E-state index contributed by atoms with van der Waals surface area (Å²) in [4.78, 5) is 43.0. The van der Waals surface area contributed by atoms with Gasteiger partial charge in [0, 0.05) is 17.7 Å². The number of nitro benzene ring substituents is 1. The number of carbonyl (C=O) groups is 1. The zero-order chi connectivity index (χ0) is 32.4. The summed E-state index contributed by atoms with van der Waals surface area (Å²) in [6.07, 6.45) is 1.75. The summed E-state index contributed by atoms with van der Waals surface area (Å²) in [6.45, 7) is 3.91. The first-order valence-corrected chi connectivity index (χ1v) is 15.4. The van der Waals surface area contributed by atoms with Crippen LogP contribution in [0.3, 0.4) is 0 Å². The van der Waals surface area contributed by atoms with E-state index in [1.165, 1.54) is 34.1 Å². The van der Waals surface area contributed by atoms with Gasteiger partial charge >= 0.3 is 5.97 Å². The molecule has 0 spiro atoms. The number of hydrogen-bond donors (Lipinski definition) is 0. The van der Waals surface area contributed by atoms with Crippen LogP contribution < -0.4 is 19.6 Å². The lowest BCUT2D eigenvalue weighted by Gasteiger charge is -2.22. The number of allylic oxidation sites excluding steroid dienone is 1. The van der Waals surface area contributed by atoms with Gasteiger partial charge in [0.1, 0.15) is 29.9 Å². The molecule has 0 N–H and O–H groups in total. The minimum atomic E-state index is -1.00. The van der Waals surface area contributed by atoms with Crippen molar-refractivity contribution in [1.29, 1.82) is 0 Å². The lowest BCUT2D eigenvalue weighted by molar-refractivity contribution is -0.384. The van der Waals surface area contributed by atoms with Crippen molar-refractivity contribution in [2.75, 3.05) is 6.61 Å². The second-order valence-corrected chi connectivity index (χ2v) is 11.7. The molecule has 5 aromatic rings. The maximum absolute atomic E-state index is 14.0. The lowest BCUT2D eigenvalue weighted by Crippen LogP contribution is -2.39. The third-order valence-electron chi connectivity index (χ3n) is 7.27. The van der Waals surface area contributed by atoms with Gasteiger partial charge in [0.2, 0.25) is 0 Å². The van der Waals surface area contributed by atoms with E-state index in [2.05, 4.69) is 4.99 Å². The zero-order valence-electron chi connectivity index (χ0n) is 24.6. The SMILES string of the molecule is CCOC(=O)C1=C(C)N=c2s/c(=C\c3ccc(OCc4ccccc4)cc3)c(=O)n2[C@H]1c1ccc(-c2cc([N+](=O)[O-])ccc2Cl)o1. The summed E-state index contributed by atoms with van der Waals surface area (Å²) in [5, 5.41) is 11.6. The molecule has 3 aromatic carbocycles. The average Bonchev–Trinajstić information content (AvgIpc) is 3.65. The second-order valence-electron chi connectivity index (χ2n) is 10.3. The summed E-state index contributed by atoms with van der Waals surface area (Å²) in [5.74, 6) is 0.524. The predicted molar refractivity (Wildman–Crippen MR) is 173 cm³/mol. The van der Waals surface area contributed by atoms with Crippen LogP contribution in [0.2, 0.25) is 5.02 Å². The molecular weight excluding hydrogens is 630 g/mol. The van der Waals surface area contributed by atoms with Crippen LogP contribution in [0.5, 0.6) is 5.75 Å². The Balaban J connectivity index is 1.38. The van der Waals surface area contributed by atoms with Crippen LogP contribution in [0.25, 0.3) is 17.4 Å². The molecule has 6 rings (SSSR count). The number of fused-ring (bicyclic) bond motifs is 1. The molecule has 0 bridgehead atoms. The fourth-order valence-electron chi connectivity index (χ4n) is 5.07. The van der Waals surface area contributed by atoms with E-state index in [1.54, 1.807) is 32.1 Å². The molecule has 232 valence electrons. The minimum absolute atomic E-state index is 0.116. The number of halogens is 1. The monoisotopic (exact) mass is 655 g/mol. The first-order chi connectivity index (χ1) is 22.2. The Morgan fingerprint density at radius 1 is 1.11 bits per heavy atom. The standard InChI is InChI=1S/C34H26ClN3O7S/c1-3-43-33(40)30-20(2)36-34-37(31(30)28-16-15-27(45-28)25-18-23(38(41)42)11-14-26(25)35)32(39)29(46-34)17-21-9-12-24(13-10-21)44-19-22-7-5-4-6-8-22/h4-18,31H,3,19H2,1-2H3/b29-17-/t31-/m0/s1. The summed E-state index contributed by atoms with van der Waals surface area (Å²) in [5.41, 5.74) is 2.11. The summed E-state index contributed by atoms with van der Waals surface area (Å²) in [6, 6.07) is 23.4. The molecule has 1 aliphatic rings. The van der Waals surface area contributed by atoms with Gasteiger partial charge in [-0.3, -0.25) is 19.5 Å². The Labute approximate surface area is 271 Å². The highest BCUT2D eigenvalue weighted by Crippen LogP contribution is 2.37. The largest absolute Gasteiger partial charge is 0.489 e. The van der Waals surface area contributed by atoms with Gasteiger partial charge < -0.3 is 13.9 Å². The Bertz CT molecular complexity index is 2170. The number of carbonyl (C=O) groups excluding carboxylic acids is 1. The van der Waals surface area contributed by atoms with Gasteiger partial charge in [0.15, 0.2) is 4.80 Å². The number of esters is 1. The summed E-state index contributed by atoms with van der Waals surface area (Å²) < 4.78 is 19.2. The van der Waals surface area contributed by atoms with E-state index in [1.807, 2.05) is 54.6 Å². The Morgan fingerprint density at radius 3 is 2.59 bits per heavy atom. The molecule has 1 atom stereocenters. The lowest BCUT2D eigenvalue weighted by atomic mass is 10.0. The van der Waals surface area contributed by atoms with Crippen LogP contribution in [0.4, 0.5) is 5.69 Å². The number of hydrogen-bond acceptors (Lipinski definition) is 9. The summed E-state index contributed by atoms with van der Waals surface area (Å²) in [7, 11) is 0. The maximum Gasteiger partial charge on any atom is 0.338 e. The number of benzene rings is 3. The van der Waals surface area contributed by atoms with Crippen molar-refractivity contribution in [3.8, 4) is 17.1 Å². The highest BCUT2D eigenvalue weighted by atomic mass is 35.5. The van der Waals surface area contributed by atoms with E-state index in [9.17, 15) is 19.7 Å². The number of nitro groups is 1. The molecule has 0 amide bonds. The fourth-order valence-corrected chi connectivity index (χ4v) is 6.33. The van der Waals surface area contributed by atoms with E-state index < -0.39 is 16.9 Å². The van der Waals surface area contributed by atoms with Gasteiger partial charge in [0.25, 0.3) is 11.2 Å². The highest BCUT2D eigenvalue weighted by Gasteiger charge is 2.35. The predicted octanol–water partition coefficient (Wildman–Crippen LogP) is 6.20. The number of thiazole rings is 1. The molecule has 0 fully saturated rings. The van der Waals surface area contributed by atoms with Crippen molar-refractivity contribution >= 4 is 40.7 Å². The molecule has 3 heterocycles. The number of aromatic nitrogens is 1. The van der Waals surface area contributed by atoms with Crippen molar-refractivity contribution in [3.63, 3.8) is 0 Å². The first kappa shape index (κ1) is 30.8. The van der Waals surface area contributed by atoms with E-state index in [4.69, 9.17) is 25.5 Å². The quantitative estimate of drug-likeness (QED) is 0.105. The van der Waals surface area contributed by atoms with Crippen molar-refractivity contribution in [1.82, 2.24) is 4.57 Å². The van der Waals surface area contributed by atoms with Crippen molar-refractivity contribution < 1.29 is 23.6 Å². The Kier molecular flexibility index (Phi) is 8.69. The molecule has 0 aliphatic carbocycles. The molecule has 0 saturated heterocycles.